The Morgan fingerprint density at radius 1 is 1.08 bits per heavy atom. The summed E-state index contributed by atoms with van der Waals surface area (Å²) >= 11 is 0. The number of piperazine rings is 1. The summed E-state index contributed by atoms with van der Waals surface area (Å²) in [6, 6.07) is 10.0. The van der Waals surface area contributed by atoms with Crippen LogP contribution in [0.3, 0.4) is 0 Å². The van der Waals surface area contributed by atoms with Gasteiger partial charge in [-0.1, -0.05) is 6.07 Å². The number of carbonyl (C=O) groups excluding carboxylic acids is 1. The van der Waals surface area contributed by atoms with Gasteiger partial charge in [-0.3, -0.25) is 19.3 Å². The summed E-state index contributed by atoms with van der Waals surface area (Å²) < 4.78 is 2.07. The number of hydrogen-bond donors (Lipinski definition) is 1. The molecule has 5 heterocycles. The molecule has 1 fully saturated rings. The molecule has 10 heteroatoms. The predicted octanol–water partition coefficient (Wildman–Crippen LogP) is 3.38. The van der Waals surface area contributed by atoms with Crippen molar-refractivity contribution < 1.29 is 4.79 Å². The van der Waals surface area contributed by atoms with Crippen molar-refractivity contribution in [2.45, 2.75) is 31.8 Å². The van der Waals surface area contributed by atoms with Crippen LogP contribution >= 0.6 is 0 Å². The van der Waals surface area contributed by atoms with Crippen molar-refractivity contribution in [3.8, 4) is 0 Å². The van der Waals surface area contributed by atoms with E-state index in [-0.39, 0.29) is 6.03 Å². The predicted molar refractivity (Wildman–Crippen MR) is 141 cm³/mol. The van der Waals surface area contributed by atoms with Gasteiger partial charge in [-0.2, -0.15) is 0 Å². The van der Waals surface area contributed by atoms with Gasteiger partial charge in [0.2, 0.25) is 5.95 Å². The lowest BCUT2D eigenvalue weighted by molar-refractivity contribution is 0.206. The third kappa shape index (κ3) is 4.84. The fraction of sp³-hybridized carbons (Fsp3) is 0.370. The summed E-state index contributed by atoms with van der Waals surface area (Å²) in [6.07, 6.45) is 12.5. The van der Waals surface area contributed by atoms with Gasteiger partial charge in [0, 0.05) is 57.5 Å². The third-order valence-electron chi connectivity index (χ3n) is 7.28. The van der Waals surface area contributed by atoms with Crippen LogP contribution in [0.25, 0.3) is 5.65 Å². The molecule has 1 aliphatic carbocycles. The van der Waals surface area contributed by atoms with E-state index in [4.69, 9.17) is 9.97 Å². The van der Waals surface area contributed by atoms with Gasteiger partial charge in [-0.25, -0.2) is 14.8 Å². The molecule has 190 valence electrons. The molecule has 6 rings (SSSR count). The smallest absolute Gasteiger partial charge is 0.322 e. The number of amides is 2. The Labute approximate surface area is 216 Å². The first-order valence-electron chi connectivity index (χ1n) is 12.8. The van der Waals surface area contributed by atoms with Crippen molar-refractivity contribution in [1.82, 2.24) is 34.1 Å². The molecule has 0 unspecified atom stereocenters. The Bertz CT molecular complexity index is 1380. The molecule has 0 spiro atoms. The average Bonchev–Trinajstić information content (AvgIpc) is 3.36. The summed E-state index contributed by atoms with van der Waals surface area (Å²) in [7, 11) is 2.16. The average molecular weight is 498 g/mol. The molecule has 1 atom stereocenters. The highest BCUT2D eigenvalue weighted by Crippen LogP contribution is 2.32. The van der Waals surface area contributed by atoms with Crippen molar-refractivity contribution in [3.05, 3.63) is 78.3 Å². The van der Waals surface area contributed by atoms with Crippen LogP contribution in [-0.4, -0.2) is 73.4 Å². The number of carbonyl (C=O) groups is 1. The van der Waals surface area contributed by atoms with E-state index in [2.05, 4.69) is 48.8 Å². The molecule has 0 bridgehead atoms. The monoisotopic (exact) mass is 497 g/mol. The fourth-order valence-corrected chi connectivity index (χ4v) is 5.39. The molecule has 10 nitrogen and oxygen atoms in total. The van der Waals surface area contributed by atoms with E-state index in [9.17, 15) is 4.79 Å². The van der Waals surface area contributed by atoms with Crippen molar-refractivity contribution in [1.29, 1.82) is 0 Å². The number of nitrogens with zero attached hydrogens (tertiary/aromatic N) is 8. The number of nitrogens with one attached hydrogen (secondary N) is 1. The zero-order valence-corrected chi connectivity index (χ0v) is 21.0. The third-order valence-corrected chi connectivity index (χ3v) is 7.28. The van der Waals surface area contributed by atoms with Crippen LogP contribution in [-0.2, 0) is 13.0 Å². The maximum absolute atomic E-state index is 12.7. The van der Waals surface area contributed by atoms with Gasteiger partial charge in [-0.05, 0) is 56.1 Å². The first-order valence-corrected chi connectivity index (χ1v) is 12.8. The van der Waals surface area contributed by atoms with Crippen LogP contribution in [0, 0.1) is 0 Å². The highest BCUT2D eigenvalue weighted by atomic mass is 16.2. The van der Waals surface area contributed by atoms with Gasteiger partial charge >= 0.3 is 6.03 Å². The standard InChI is InChI=1S/C27H31N9O/c1-33(23-8-2-5-20-6-3-11-29-25(20)23)18-22-19-36-24(31-22)9-12-30-26(36)34-13-15-35(16-14-34)27(37)32-21-7-4-10-28-17-21/h3-4,6-7,9-12,17,19,23H,2,5,8,13-16,18H2,1H3,(H,32,37)/t23-/m0/s1. The van der Waals surface area contributed by atoms with Gasteiger partial charge in [0.1, 0.15) is 5.65 Å². The maximum atomic E-state index is 12.7. The molecule has 0 aromatic carbocycles. The zero-order valence-electron chi connectivity index (χ0n) is 21.0. The summed E-state index contributed by atoms with van der Waals surface area (Å²) in [5.74, 6) is 0.857. The van der Waals surface area contributed by atoms with Crippen LogP contribution in [0.15, 0.2) is 61.3 Å². The summed E-state index contributed by atoms with van der Waals surface area (Å²) in [5, 5.41) is 2.92. The van der Waals surface area contributed by atoms with Gasteiger partial charge in [0.15, 0.2) is 0 Å². The van der Waals surface area contributed by atoms with Gasteiger partial charge in [0.05, 0.1) is 29.3 Å². The molecule has 2 amide bonds. The first-order chi connectivity index (χ1) is 18.2. The Morgan fingerprint density at radius 3 is 2.78 bits per heavy atom. The number of fused-ring (bicyclic) bond motifs is 2. The Balaban J connectivity index is 1.13. The second-order valence-electron chi connectivity index (χ2n) is 9.72. The number of urea groups is 1. The Morgan fingerprint density at radius 2 is 1.95 bits per heavy atom. The van der Waals surface area contributed by atoms with Crippen LogP contribution < -0.4 is 10.2 Å². The highest BCUT2D eigenvalue weighted by molar-refractivity contribution is 5.89. The van der Waals surface area contributed by atoms with Crippen LogP contribution in [0.2, 0.25) is 0 Å². The molecular weight excluding hydrogens is 466 g/mol. The van der Waals surface area contributed by atoms with Gasteiger partial charge in [0.25, 0.3) is 0 Å². The highest BCUT2D eigenvalue weighted by Gasteiger charge is 2.26. The topological polar surface area (TPSA) is 94.8 Å². The molecule has 0 radical (unpaired) electrons. The molecule has 4 aromatic rings. The van der Waals surface area contributed by atoms with Crippen molar-refractivity contribution in [2.75, 3.05) is 43.4 Å². The number of rotatable bonds is 5. The van der Waals surface area contributed by atoms with Crippen molar-refractivity contribution in [3.63, 3.8) is 0 Å². The van der Waals surface area contributed by atoms with Gasteiger partial charge < -0.3 is 15.1 Å². The number of imidazole rings is 1. The second kappa shape index (κ2) is 10.1. The van der Waals surface area contributed by atoms with Crippen LogP contribution in [0.4, 0.5) is 16.4 Å². The second-order valence-corrected chi connectivity index (χ2v) is 9.72. The van der Waals surface area contributed by atoms with Crippen molar-refractivity contribution in [2.24, 2.45) is 0 Å². The lowest BCUT2D eigenvalue weighted by Crippen LogP contribution is -2.50. The zero-order chi connectivity index (χ0) is 25.2. The molecule has 1 N–H and O–H groups in total. The number of aromatic nitrogens is 5. The SMILES string of the molecule is CN(Cc1cn2c(N3CCN(C(=O)Nc4cccnc4)CC3)nccc2n1)[C@H]1CCCc2cccnc21. The number of hydrogen-bond acceptors (Lipinski definition) is 7. The minimum absolute atomic E-state index is 0.106. The van der Waals surface area contributed by atoms with E-state index in [0.717, 1.165) is 36.7 Å². The van der Waals surface area contributed by atoms with E-state index in [1.165, 1.54) is 17.7 Å². The lowest BCUT2D eigenvalue weighted by atomic mass is 9.91. The van der Waals surface area contributed by atoms with E-state index in [0.29, 0.717) is 37.9 Å². The number of aryl methyl sites for hydroxylation is 1. The van der Waals surface area contributed by atoms with E-state index < -0.39 is 0 Å². The minimum Gasteiger partial charge on any atom is -0.338 e. The molecule has 1 aliphatic heterocycles. The summed E-state index contributed by atoms with van der Waals surface area (Å²) in [4.78, 5) is 37.4. The molecule has 2 aliphatic rings. The van der Waals surface area contributed by atoms with E-state index in [1.807, 2.05) is 41.6 Å². The minimum atomic E-state index is -0.106. The van der Waals surface area contributed by atoms with Crippen molar-refractivity contribution >= 4 is 23.3 Å². The first kappa shape index (κ1) is 23.4. The quantitative estimate of drug-likeness (QED) is 0.452. The van der Waals surface area contributed by atoms with Crippen LogP contribution in [0.1, 0.15) is 35.8 Å². The Hall–Kier alpha value is -4.05. The van der Waals surface area contributed by atoms with E-state index >= 15 is 0 Å². The Kier molecular flexibility index (Phi) is 6.40. The normalized spacial score (nSPS) is 17.7. The van der Waals surface area contributed by atoms with E-state index in [1.54, 1.807) is 12.4 Å². The summed E-state index contributed by atoms with van der Waals surface area (Å²) in [6.45, 7) is 3.37. The molecular formula is C27H31N9O. The number of pyridine rings is 2. The number of anilines is 2. The maximum Gasteiger partial charge on any atom is 0.322 e. The molecule has 0 saturated carbocycles. The lowest BCUT2D eigenvalue weighted by Gasteiger charge is -2.35. The molecule has 37 heavy (non-hydrogen) atoms. The fourth-order valence-electron chi connectivity index (χ4n) is 5.39. The largest absolute Gasteiger partial charge is 0.338 e. The van der Waals surface area contributed by atoms with Gasteiger partial charge in [-0.15, -0.1) is 0 Å². The molecule has 4 aromatic heterocycles. The summed E-state index contributed by atoms with van der Waals surface area (Å²) in [5.41, 5.74) is 5.15. The molecule has 1 saturated heterocycles. The van der Waals surface area contributed by atoms with Crippen LogP contribution in [0.5, 0.6) is 0 Å².